The van der Waals surface area contributed by atoms with Crippen molar-refractivity contribution in [2.24, 2.45) is 0 Å². The monoisotopic (exact) mass is 379 g/mol. The summed E-state index contributed by atoms with van der Waals surface area (Å²) in [7, 11) is 0. The molecular weight excluding hydrogens is 374 g/mol. The summed E-state index contributed by atoms with van der Waals surface area (Å²) >= 11 is 0. The van der Waals surface area contributed by atoms with E-state index < -0.39 is 0 Å². The van der Waals surface area contributed by atoms with Gasteiger partial charge in [0.25, 0.3) is 0 Å². The van der Waals surface area contributed by atoms with Gasteiger partial charge >= 0.3 is 17.1 Å². The first-order valence-electron chi connectivity index (χ1n) is 0. The Morgan fingerprint density at radius 1 is 0.571 bits per heavy atom. The molecule has 0 aromatic carbocycles. The van der Waals surface area contributed by atoms with Gasteiger partial charge in [-0.3, -0.25) is 0 Å². The summed E-state index contributed by atoms with van der Waals surface area (Å²) in [5.41, 5.74) is 0. The van der Waals surface area contributed by atoms with Crippen LogP contribution in [0.4, 0.5) is 0 Å². The zero-order valence-corrected chi connectivity index (χ0v) is 9.80. The number of hydrogen-bond donors (Lipinski definition) is 0. The Kier molecular flexibility index (Phi) is 2030. The molecule has 7 heavy (non-hydrogen) atoms. The van der Waals surface area contributed by atoms with Crippen LogP contribution in [0.1, 0.15) is 0 Å². The number of hydrogen-bond acceptors (Lipinski definition) is 4. The number of rotatable bonds is 0. The van der Waals surface area contributed by atoms with E-state index in [0.29, 0.717) is 0 Å². The van der Waals surface area contributed by atoms with Crippen LogP contribution >= 0.6 is 0 Å². The average molecular weight is 378 g/mol. The molecule has 0 aliphatic heterocycles. The molecule has 0 unspecified atom stereocenters. The van der Waals surface area contributed by atoms with Crippen molar-refractivity contribution in [1.82, 2.24) is 0 Å². The molecule has 0 saturated heterocycles. The Bertz CT molecular complexity index is 11.7. The second-order valence-corrected chi connectivity index (χ2v) is 0. The van der Waals surface area contributed by atoms with Gasteiger partial charge < -0.3 is 21.9 Å². The Hall–Kier alpha value is 2.00. The van der Waals surface area contributed by atoms with Gasteiger partial charge in [0.05, 0.1) is 0 Å². The fourth-order valence-corrected chi connectivity index (χ4v) is 0. The topological polar surface area (TPSA) is 120 Å². The van der Waals surface area contributed by atoms with Crippen molar-refractivity contribution in [2.45, 2.75) is 0 Å². The molecule has 45 valence electrons. The first kappa shape index (κ1) is 144. The molecule has 0 heterocycles. The molecule has 0 saturated carbocycles. The smallest absolute Gasteiger partial charge is 0.870 e. The van der Waals surface area contributed by atoms with E-state index in [9.17, 15) is 0 Å². The minimum absolute atomic E-state index is 0. The van der Waals surface area contributed by atoms with Gasteiger partial charge in [0.15, 0.2) is 0 Å². The molecule has 0 aliphatic rings. The van der Waals surface area contributed by atoms with Crippen LogP contribution in [0.2, 0.25) is 0 Å². The molecule has 0 amide bonds. The first-order chi connectivity index (χ1) is 0. The van der Waals surface area contributed by atoms with Gasteiger partial charge in [0.1, 0.15) is 0 Å². The maximum Gasteiger partial charge on any atom is 2.00 e. The normalized spacial score (nSPS) is 0. The molecule has 0 rings (SSSR count). The Labute approximate surface area is 87.2 Å². The van der Waals surface area contributed by atoms with E-state index in [-0.39, 0.29) is 88.0 Å². The third-order valence-corrected chi connectivity index (χ3v) is 0. The van der Waals surface area contributed by atoms with E-state index in [1.165, 1.54) is 0 Å². The molecule has 0 atom stereocenters. The minimum atomic E-state index is 0. The van der Waals surface area contributed by atoms with Crippen molar-refractivity contribution < 1.29 is 60.7 Å². The Morgan fingerprint density at radius 2 is 0.571 bits per heavy atom. The van der Waals surface area contributed by atoms with Crippen LogP contribution in [0.15, 0.2) is 0 Å². The van der Waals surface area contributed by atoms with E-state index >= 15 is 0 Å². The standard InChI is InChI=1S/Mn.4H2O.Pb.Ti/h;4*1H2;;/q+2;;;;;;/p-4. The quantitative estimate of drug-likeness (QED) is 0.498. The van der Waals surface area contributed by atoms with E-state index in [0.717, 1.165) is 0 Å². The van der Waals surface area contributed by atoms with Gasteiger partial charge in [-0.1, -0.05) is 0 Å². The summed E-state index contributed by atoms with van der Waals surface area (Å²) in [6.45, 7) is 0. The molecule has 0 bridgehead atoms. The van der Waals surface area contributed by atoms with Gasteiger partial charge in [0, 0.05) is 49.0 Å². The van der Waals surface area contributed by atoms with Crippen molar-refractivity contribution in [3.8, 4) is 0 Å². The SMILES string of the molecule is [Mn+2].[OH-].[OH-].[OH-].[OH-].[Pb].[Ti]. The summed E-state index contributed by atoms with van der Waals surface area (Å²) in [5.74, 6) is 0. The average Bonchev–Trinajstić information content (AvgIpc) is 0. The van der Waals surface area contributed by atoms with Crippen molar-refractivity contribution in [2.75, 3.05) is 0 Å². The molecule has 0 aliphatic carbocycles. The van der Waals surface area contributed by atoms with E-state index in [1.807, 2.05) is 0 Å². The zero-order chi connectivity index (χ0) is 0. The first-order valence-corrected chi connectivity index (χ1v) is 0. The maximum atomic E-state index is 0. The second kappa shape index (κ2) is 98.2. The predicted octanol–water partition coefficient (Wildman–Crippen LogP) is -1.09. The van der Waals surface area contributed by atoms with E-state index in [2.05, 4.69) is 0 Å². The van der Waals surface area contributed by atoms with Crippen molar-refractivity contribution in [3.63, 3.8) is 0 Å². The molecule has 5 radical (unpaired) electrons. The van der Waals surface area contributed by atoms with Crippen molar-refractivity contribution in [3.05, 3.63) is 0 Å². The molecule has 0 spiro atoms. The van der Waals surface area contributed by atoms with Crippen LogP contribution in [0, 0.1) is 0 Å². The summed E-state index contributed by atoms with van der Waals surface area (Å²) < 4.78 is 0. The van der Waals surface area contributed by atoms with Crippen LogP contribution in [0.25, 0.3) is 0 Å². The zero-order valence-electron chi connectivity index (χ0n) is 3.17. The fourth-order valence-electron chi connectivity index (χ4n) is 0. The summed E-state index contributed by atoms with van der Waals surface area (Å²) in [4.78, 5) is 0. The van der Waals surface area contributed by atoms with Crippen LogP contribution in [-0.2, 0) is 38.8 Å². The van der Waals surface area contributed by atoms with Gasteiger partial charge in [-0.2, -0.15) is 0 Å². The third-order valence-electron chi connectivity index (χ3n) is 0. The van der Waals surface area contributed by atoms with Gasteiger partial charge in [-0.15, -0.1) is 0 Å². The van der Waals surface area contributed by atoms with Crippen LogP contribution in [-0.4, -0.2) is 49.2 Å². The molecule has 0 aromatic rings. The molecule has 4 nitrogen and oxygen atoms in total. The summed E-state index contributed by atoms with van der Waals surface area (Å²) in [6, 6.07) is 0. The van der Waals surface area contributed by atoms with Crippen LogP contribution in [0.3, 0.4) is 0 Å². The molecule has 7 heteroatoms. The van der Waals surface area contributed by atoms with Crippen molar-refractivity contribution in [1.29, 1.82) is 0 Å². The Morgan fingerprint density at radius 3 is 0.571 bits per heavy atom. The van der Waals surface area contributed by atoms with Crippen molar-refractivity contribution >= 4 is 27.3 Å². The maximum absolute atomic E-state index is 0. The molecule has 0 aromatic heterocycles. The van der Waals surface area contributed by atoms with Gasteiger partial charge in [0.2, 0.25) is 0 Å². The van der Waals surface area contributed by atoms with Gasteiger partial charge in [-0.25, -0.2) is 0 Å². The summed E-state index contributed by atoms with van der Waals surface area (Å²) in [5, 5.41) is 0. The van der Waals surface area contributed by atoms with E-state index in [1.54, 1.807) is 0 Å². The van der Waals surface area contributed by atoms with E-state index in [4.69, 9.17) is 0 Å². The predicted molar refractivity (Wildman–Crippen MR) is 13.5 cm³/mol. The molecule has 4 N–H and O–H groups in total. The van der Waals surface area contributed by atoms with Gasteiger partial charge in [-0.05, 0) is 0 Å². The molecule has 0 fully saturated rings. The third kappa shape index (κ3) is 72.2. The minimum Gasteiger partial charge on any atom is -0.870 e. The Balaban J connectivity index is 0. The second-order valence-electron chi connectivity index (χ2n) is 0. The van der Waals surface area contributed by atoms with Crippen LogP contribution in [0.5, 0.6) is 0 Å². The fraction of sp³-hybridized carbons (Fsp3) is 0. The largest absolute Gasteiger partial charge is 2.00 e. The summed E-state index contributed by atoms with van der Waals surface area (Å²) in [6.07, 6.45) is 0. The molecular formula is H4MnO4PbTi-2. The van der Waals surface area contributed by atoms with Crippen LogP contribution < -0.4 is 0 Å².